The van der Waals surface area contributed by atoms with Gasteiger partial charge in [-0.15, -0.1) is 0 Å². The minimum Gasteiger partial charge on any atom is -0.444 e. The van der Waals surface area contributed by atoms with Gasteiger partial charge in [-0.05, 0) is 58.0 Å². The third kappa shape index (κ3) is 5.26. The Labute approximate surface area is 188 Å². The van der Waals surface area contributed by atoms with E-state index in [0.29, 0.717) is 5.52 Å². The van der Waals surface area contributed by atoms with Gasteiger partial charge in [0.1, 0.15) is 11.4 Å². The molecule has 31 heavy (non-hydrogen) atoms. The molecule has 0 aliphatic carbocycles. The number of carbonyl (C=O) groups excluding carboxylic acids is 1. The Morgan fingerprint density at radius 2 is 1.90 bits per heavy atom. The summed E-state index contributed by atoms with van der Waals surface area (Å²) in [5.74, 6) is -0.353. The van der Waals surface area contributed by atoms with E-state index < -0.39 is 29.1 Å². The van der Waals surface area contributed by atoms with E-state index >= 15 is 0 Å². The van der Waals surface area contributed by atoms with Crippen LogP contribution in [0.1, 0.15) is 39.6 Å². The van der Waals surface area contributed by atoms with Crippen molar-refractivity contribution in [3.63, 3.8) is 0 Å². The molecule has 0 aliphatic rings. The van der Waals surface area contributed by atoms with Crippen LogP contribution in [0, 0.1) is 5.82 Å². The molecule has 0 unspecified atom stereocenters. The van der Waals surface area contributed by atoms with Gasteiger partial charge in [0.25, 0.3) is 5.56 Å². The number of fused-ring (bicyclic) bond motifs is 1. The number of carbonyl (C=O) groups is 1. The molecule has 3 aromatic rings. The van der Waals surface area contributed by atoms with Crippen LogP contribution in [-0.2, 0) is 4.74 Å². The fraction of sp³-hybridized carbons (Fsp3) is 0.286. The van der Waals surface area contributed by atoms with E-state index in [1.165, 1.54) is 12.1 Å². The molecule has 1 heterocycles. The second-order valence-electron chi connectivity index (χ2n) is 7.85. The first-order chi connectivity index (χ1) is 14.5. The monoisotopic (exact) mass is 466 g/mol. The van der Waals surface area contributed by atoms with E-state index in [2.05, 4.69) is 15.7 Å². The Kier molecular flexibility index (Phi) is 6.43. The number of alkyl carbamates (subject to hydrolysis) is 1. The van der Waals surface area contributed by atoms with Crippen LogP contribution in [0.15, 0.2) is 41.2 Å². The van der Waals surface area contributed by atoms with Crippen LogP contribution in [0.5, 0.6) is 0 Å². The molecule has 0 spiro atoms. The standard InChI is InChI=1S/C21H21Cl2FN4O3/c1-11(25-20(30)31-21(2,3)4)18-26-16-7-5-6-13(22)17(16)19(29)28(18)27-15-9-8-12(24)10-14(15)23/h5-11,27H,1-4H3,(H,25,30)/t11-/m0/s1. The van der Waals surface area contributed by atoms with Gasteiger partial charge in [0, 0.05) is 0 Å². The number of halogens is 3. The lowest BCUT2D eigenvalue weighted by molar-refractivity contribution is 0.0505. The molecule has 1 atom stereocenters. The third-order valence-electron chi connectivity index (χ3n) is 4.16. The predicted octanol–water partition coefficient (Wildman–Crippen LogP) is 5.30. The highest BCUT2D eigenvalue weighted by atomic mass is 35.5. The summed E-state index contributed by atoms with van der Waals surface area (Å²) in [6.07, 6.45) is -0.674. The van der Waals surface area contributed by atoms with E-state index in [4.69, 9.17) is 27.9 Å². The maximum atomic E-state index is 13.4. The molecule has 164 valence electrons. The predicted molar refractivity (Wildman–Crippen MR) is 119 cm³/mol. The van der Waals surface area contributed by atoms with Gasteiger partial charge < -0.3 is 10.1 Å². The first-order valence-electron chi connectivity index (χ1n) is 9.39. The molecule has 0 saturated heterocycles. The van der Waals surface area contributed by atoms with Gasteiger partial charge in [0.15, 0.2) is 5.82 Å². The summed E-state index contributed by atoms with van der Waals surface area (Å²) in [5.41, 5.74) is 2.26. The molecule has 1 aromatic heterocycles. The summed E-state index contributed by atoms with van der Waals surface area (Å²) in [5, 5.41) is 3.12. The van der Waals surface area contributed by atoms with Crippen molar-refractivity contribution in [3.05, 3.63) is 68.4 Å². The van der Waals surface area contributed by atoms with E-state index in [0.717, 1.165) is 10.7 Å². The van der Waals surface area contributed by atoms with Crippen LogP contribution >= 0.6 is 23.2 Å². The van der Waals surface area contributed by atoms with Crippen LogP contribution in [0.2, 0.25) is 10.0 Å². The number of amides is 1. The number of hydrogen-bond donors (Lipinski definition) is 2. The van der Waals surface area contributed by atoms with Crippen LogP contribution in [-0.4, -0.2) is 21.4 Å². The lowest BCUT2D eigenvalue weighted by Gasteiger charge is -2.24. The Hall–Kier alpha value is -2.84. The Morgan fingerprint density at radius 1 is 1.19 bits per heavy atom. The van der Waals surface area contributed by atoms with Gasteiger partial charge in [0.05, 0.1) is 32.7 Å². The van der Waals surface area contributed by atoms with Crippen molar-refractivity contribution in [2.24, 2.45) is 0 Å². The summed E-state index contributed by atoms with van der Waals surface area (Å²) in [6.45, 7) is 6.86. The number of hydrogen-bond acceptors (Lipinski definition) is 5. The van der Waals surface area contributed by atoms with Gasteiger partial charge in [-0.1, -0.05) is 29.3 Å². The summed E-state index contributed by atoms with van der Waals surface area (Å²) in [7, 11) is 0. The second kappa shape index (κ2) is 8.72. The van der Waals surface area contributed by atoms with Crippen molar-refractivity contribution in [3.8, 4) is 0 Å². The first-order valence-corrected chi connectivity index (χ1v) is 10.1. The third-order valence-corrected chi connectivity index (χ3v) is 4.78. The second-order valence-corrected chi connectivity index (χ2v) is 8.66. The van der Waals surface area contributed by atoms with Gasteiger partial charge >= 0.3 is 6.09 Å². The topological polar surface area (TPSA) is 85.2 Å². The average molecular weight is 467 g/mol. The SMILES string of the molecule is C[C@H](NC(=O)OC(C)(C)C)c1nc2cccc(Cl)c2c(=O)n1Nc1ccc(F)cc1Cl. The quantitative estimate of drug-likeness (QED) is 0.544. The van der Waals surface area contributed by atoms with Gasteiger partial charge in [0.2, 0.25) is 0 Å². The van der Waals surface area contributed by atoms with Crippen molar-refractivity contribution in [2.45, 2.75) is 39.3 Å². The summed E-state index contributed by atoms with van der Waals surface area (Å²) < 4.78 is 19.8. The molecular formula is C21H21Cl2FN4O3. The highest BCUT2D eigenvalue weighted by Crippen LogP contribution is 2.25. The number of benzene rings is 2. The molecule has 0 bridgehead atoms. The highest BCUT2D eigenvalue weighted by Gasteiger charge is 2.23. The lowest BCUT2D eigenvalue weighted by Crippen LogP contribution is -2.39. The molecule has 0 radical (unpaired) electrons. The largest absolute Gasteiger partial charge is 0.444 e. The maximum Gasteiger partial charge on any atom is 0.408 e. The fourth-order valence-corrected chi connectivity index (χ4v) is 3.31. The Morgan fingerprint density at radius 3 is 2.55 bits per heavy atom. The molecular weight excluding hydrogens is 446 g/mol. The van der Waals surface area contributed by atoms with E-state index in [1.807, 2.05) is 0 Å². The van der Waals surface area contributed by atoms with Crippen molar-refractivity contribution < 1.29 is 13.9 Å². The van der Waals surface area contributed by atoms with Crippen LogP contribution in [0.25, 0.3) is 10.9 Å². The number of aromatic nitrogens is 2. The number of anilines is 1. The molecule has 3 rings (SSSR count). The molecule has 2 aromatic carbocycles. The van der Waals surface area contributed by atoms with Crippen LogP contribution < -0.4 is 16.3 Å². The molecule has 0 aliphatic heterocycles. The number of nitrogens with one attached hydrogen (secondary N) is 2. The van der Waals surface area contributed by atoms with Crippen LogP contribution in [0.4, 0.5) is 14.9 Å². The van der Waals surface area contributed by atoms with Crippen molar-refractivity contribution in [1.29, 1.82) is 0 Å². The minimum atomic E-state index is -0.738. The minimum absolute atomic E-state index is 0.0601. The molecule has 10 heteroatoms. The zero-order chi connectivity index (χ0) is 22.9. The number of ether oxygens (including phenoxy) is 1. The number of nitrogens with zero attached hydrogens (tertiary/aromatic N) is 2. The average Bonchev–Trinajstić information content (AvgIpc) is 2.63. The van der Waals surface area contributed by atoms with Crippen molar-refractivity contribution in [2.75, 3.05) is 5.43 Å². The molecule has 0 saturated carbocycles. The summed E-state index contributed by atoms with van der Waals surface area (Å²) >= 11 is 12.3. The van der Waals surface area contributed by atoms with E-state index in [9.17, 15) is 14.0 Å². The molecule has 0 fully saturated rings. The number of rotatable bonds is 4. The smallest absolute Gasteiger partial charge is 0.408 e. The Balaban J connectivity index is 2.11. The van der Waals surface area contributed by atoms with Gasteiger partial charge in [-0.25, -0.2) is 18.8 Å². The summed E-state index contributed by atoms with van der Waals surface area (Å²) in [6, 6.07) is 7.84. The van der Waals surface area contributed by atoms with Gasteiger partial charge in [-0.2, -0.15) is 0 Å². The molecule has 1 amide bonds. The zero-order valence-electron chi connectivity index (χ0n) is 17.3. The molecule has 7 nitrogen and oxygen atoms in total. The lowest BCUT2D eigenvalue weighted by atomic mass is 10.2. The normalized spacial score (nSPS) is 12.5. The first kappa shape index (κ1) is 22.8. The van der Waals surface area contributed by atoms with Gasteiger partial charge in [-0.3, -0.25) is 10.2 Å². The van der Waals surface area contributed by atoms with Crippen molar-refractivity contribution in [1.82, 2.24) is 15.0 Å². The highest BCUT2D eigenvalue weighted by molar-refractivity contribution is 6.35. The maximum absolute atomic E-state index is 13.4. The zero-order valence-corrected chi connectivity index (χ0v) is 18.8. The Bertz CT molecular complexity index is 1210. The van der Waals surface area contributed by atoms with E-state index in [1.54, 1.807) is 45.9 Å². The van der Waals surface area contributed by atoms with E-state index in [-0.39, 0.29) is 26.9 Å². The fourth-order valence-electron chi connectivity index (χ4n) is 2.85. The van der Waals surface area contributed by atoms with Crippen molar-refractivity contribution >= 4 is 45.9 Å². The molecule has 2 N–H and O–H groups in total. The van der Waals surface area contributed by atoms with Crippen LogP contribution in [0.3, 0.4) is 0 Å². The summed E-state index contributed by atoms with van der Waals surface area (Å²) in [4.78, 5) is 30.1.